The van der Waals surface area contributed by atoms with Crippen LogP contribution >= 0.6 is 0 Å². The number of hydrogen-bond donors (Lipinski definition) is 2. The quantitative estimate of drug-likeness (QED) is 0.609. The van der Waals surface area contributed by atoms with Crippen LogP contribution in [0.15, 0.2) is 29.2 Å². The van der Waals surface area contributed by atoms with E-state index in [0.717, 1.165) is 49.0 Å². The number of rotatable bonds is 6. The zero-order valence-corrected chi connectivity index (χ0v) is 19.8. The van der Waals surface area contributed by atoms with E-state index in [1.165, 1.54) is 4.31 Å². The molecule has 1 aromatic rings. The second kappa shape index (κ2) is 9.42. The predicted octanol–water partition coefficient (Wildman–Crippen LogP) is 1.98. The van der Waals surface area contributed by atoms with Gasteiger partial charge in [-0.2, -0.15) is 4.31 Å². The number of amides is 4. The van der Waals surface area contributed by atoms with Gasteiger partial charge in [0, 0.05) is 19.6 Å². The first-order chi connectivity index (χ1) is 15.7. The third-order valence-electron chi connectivity index (χ3n) is 7.17. The van der Waals surface area contributed by atoms with Gasteiger partial charge in [-0.1, -0.05) is 38.3 Å². The lowest BCUT2D eigenvalue weighted by atomic mass is 9.73. The topological polar surface area (TPSA) is 116 Å². The van der Waals surface area contributed by atoms with Crippen molar-refractivity contribution in [2.24, 2.45) is 5.92 Å². The number of nitrogens with zero attached hydrogens (tertiary/aromatic N) is 2. The number of carbonyl (C=O) groups is 3. The van der Waals surface area contributed by atoms with Crippen molar-refractivity contribution >= 4 is 27.9 Å². The SMILES string of the molecule is CC1CCCCC12NC(=O)N(CC(=O)NCc1ccc(S(=O)(=O)N3CCCCC3)cc1)C2=O. The van der Waals surface area contributed by atoms with Crippen molar-refractivity contribution in [2.45, 2.75) is 68.8 Å². The average Bonchev–Trinajstić information content (AvgIpc) is 3.05. The summed E-state index contributed by atoms with van der Waals surface area (Å²) in [5, 5.41) is 5.56. The lowest BCUT2D eigenvalue weighted by Gasteiger charge is -2.36. The molecule has 2 atom stereocenters. The van der Waals surface area contributed by atoms with Crippen LogP contribution in [0.1, 0.15) is 57.4 Å². The first-order valence-electron chi connectivity index (χ1n) is 11.7. The summed E-state index contributed by atoms with van der Waals surface area (Å²) < 4.78 is 27.0. The zero-order chi connectivity index (χ0) is 23.6. The summed E-state index contributed by atoms with van der Waals surface area (Å²) in [6, 6.07) is 5.93. The summed E-state index contributed by atoms with van der Waals surface area (Å²) in [6.07, 6.45) is 6.18. The van der Waals surface area contributed by atoms with Crippen molar-refractivity contribution in [1.29, 1.82) is 0 Å². The first-order valence-corrected chi connectivity index (χ1v) is 13.2. The Morgan fingerprint density at radius 3 is 2.45 bits per heavy atom. The fourth-order valence-electron chi connectivity index (χ4n) is 5.07. The Morgan fingerprint density at radius 2 is 1.79 bits per heavy atom. The Hall–Kier alpha value is -2.46. The standard InChI is InChI=1S/C23H32N4O5S/c1-17-7-3-4-12-23(17)21(29)27(22(30)25-23)16-20(28)24-15-18-8-10-19(11-9-18)33(31,32)26-13-5-2-6-14-26/h8-11,17H,2-7,12-16H2,1H3,(H,24,28)(H,25,30). The molecule has 2 unspecified atom stereocenters. The molecule has 2 aliphatic heterocycles. The van der Waals surface area contributed by atoms with Gasteiger partial charge < -0.3 is 10.6 Å². The molecule has 2 heterocycles. The van der Waals surface area contributed by atoms with Crippen LogP contribution in [0.3, 0.4) is 0 Å². The van der Waals surface area contributed by atoms with Gasteiger partial charge in [0.2, 0.25) is 15.9 Å². The second-order valence-corrected chi connectivity index (χ2v) is 11.3. The zero-order valence-electron chi connectivity index (χ0n) is 19.0. The molecule has 9 nitrogen and oxygen atoms in total. The summed E-state index contributed by atoms with van der Waals surface area (Å²) in [6.45, 7) is 2.90. The molecule has 0 radical (unpaired) electrons. The summed E-state index contributed by atoms with van der Waals surface area (Å²) >= 11 is 0. The Bertz CT molecular complexity index is 1020. The number of piperidine rings is 1. The van der Waals surface area contributed by atoms with Crippen molar-refractivity contribution in [3.05, 3.63) is 29.8 Å². The van der Waals surface area contributed by atoms with Crippen molar-refractivity contribution in [3.63, 3.8) is 0 Å². The molecule has 4 amide bonds. The van der Waals surface area contributed by atoms with E-state index in [4.69, 9.17) is 0 Å². The molecule has 1 saturated carbocycles. The number of sulfonamides is 1. The Kier molecular flexibility index (Phi) is 6.76. The van der Waals surface area contributed by atoms with Gasteiger partial charge in [-0.25, -0.2) is 13.2 Å². The minimum Gasteiger partial charge on any atom is -0.350 e. The third-order valence-corrected chi connectivity index (χ3v) is 9.08. The Labute approximate surface area is 194 Å². The minimum atomic E-state index is -3.50. The monoisotopic (exact) mass is 476 g/mol. The molecule has 1 aromatic carbocycles. The summed E-state index contributed by atoms with van der Waals surface area (Å²) in [7, 11) is -3.50. The normalized spacial score (nSPS) is 26.5. The highest BCUT2D eigenvalue weighted by Gasteiger charge is 2.55. The molecule has 33 heavy (non-hydrogen) atoms. The van der Waals surface area contributed by atoms with Crippen LogP contribution in [0.5, 0.6) is 0 Å². The van der Waals surface area contributed by atoms with Crippen LogP contribution in [0, 0.1) is 5.92 Å². The molecule has 3 aliphatic rings. The predicted molar refractivity (Wildman–Crippen MR) is 122 cm³/mol. The van der Waals surface area contributed by atoms with Crippen molar-refractivity contribution in [2.75, 3.05) is 19.6 Å². The molecule has 10 heteroatoms. The number of urea groups is 1. The van der Waals surface area contributed by atoms with E-state index in [1.807, 2.05) is 6.92 Å². The average molecular weight is 477 g/mol. The van der Waals surface area contributed by atoms with E-state index >= 15 is 0 Å². The third kappa shape index (κ3) is 4.63. The van der Waals surface area contributed by atoms with Crippen molar-refractivity contribution < 1.29 is 22.8 Å². The lowest BCUT2D eigenvalue weighted by molar-refractivity contribution is -0.137. The van der Waals surface area contributed by atoms with Crippen molar-refractivity contribution in [3.8, 4) is 0 Å². The molecule has 1 spiro atoms. The maximum absolute atomic E-state index is 13.0. The first kappa shape index (κ1) is 23.7. The van der Waals surface area contributed by atoms with E-state index in [-0.39, 0.29) is 29.8 Å². The van der Waals surface area contributed by atoms with Gasteiger partial charge in [0.05, 0.1) is 4.90 Å². The minimum absolute atomic E-state index is 0.0375. The van der Waals surface area contributed by atoms with E-state index in [2.05, 4.69) is 10.6 Å². The molecular formula is C23H32N4O5S. The van der Waals surface area contributed by atoms with Gasteiger partial charge in [0.15, 0.2) is 0 Å². The number of carbonyl (C=O) groups excluding carboxylic acids is 3. The van der Waals surface area contributed by atoms with Crippen LogP contribution in [0.2, 0.25) is 0 Å². The second-order valence-electron chi connectivity index (χ2n) is 9.33. The molecule has 2 saturated heterocycles. The number of imide groups is 1. The number of benzene rings is 1. The highest BCUT2D eigenvalue weighted by Crippen LogP contribution is 2.38. The van der Waals surface area contributed by atoms with Gasteiger partial charge >= 0.3 is 6.03 Å². The molecule has 4 rings (SSSR count). The Balaban J connectivity index is 1.33. The van der Waals surface area contributed by atoms with Crippen LogP contribution in [0.25, 0.3) is 0 Å². The molecule has 3 fully saturated rings. The summed E-state index contributed by atoms with van der Waals surface area (Å²) in [5.74, 6) is -0.721. The largest absolute Gasteiger partial charge is 0.350 e. The highest BCUT2D eigenvalue weighted by molar-refractivity contribution is 7.89. The van der Waals surface area contributed by atoms with E-state index in [9.17, 15) is 22.8 Å². The molecule has 1 aliphatic carbocycles. The molecule has 2 N–H and O–H groups in total. The highest BCUT2D eigenvalue weighted by atomic mass is 32.2. The van der Waals surface area contributed by atoms with Crippen LogP contribution in [0.4, 0.5) is 4.79 Å². The smallest absolute Gasteiger partial charge is 0.325 e. The molecule has 0 bridgehead atoms. The van der Waals surface area contributed by atoms with Gasteiger partial charge in [-0.3, -0.25) is 14.5 Å². The van der Waals surface area contributed by atoms with Gasteiger partial charge in [-0.05, 0) is 49.3 Å². The maximum atomic E-state index is 13.0. The van der Waals surface area contributed by atoms with E-state index in [1.54, 1.807) is 24.3 Å². The summed E-state index contributed by atoms with van der Waals surface area (Å²) in [5.41, 5.74) is -0.152. The Morgan fingerprint density at radius 1 is 1.09 bits per heavy atom. The van der Waals surface area contributed by atoms with Crippen LogP contribution < -0.4 is 10.6 Å². The summed E-state index contributed by atoms with van der Waals surface area (Å²) in [4.78, 5) is 39.1. The maximum Gasteiger partial charge on any atom is 0.325 e. The van der Waals surface area contributed by atoms with Crippen molar-refractivity contribution in [1.82, 2.24) is 19.8 Å². The fourth-order valence-corrected chi connectivity index (χ4v) is 6.59. The number of hydrogen-bond acceptors (Lipinski definition) is 5. The number of nitrogens with one attached hydrogen (secondary N) is 2. The molecule has 180 valence electrons. The lowest BCUT2D eigenvalue weighted by Crippen LogP contribution is -2.54. The van der Waals surface area contributed by atoms with Gasteiger partial charge in [0.1, 0.15) is 12.1 Å². The fraction of sp³-hybridized carbons (Fsp3) is 0.609. The molecular weight excluding hydrogens is 444 g/mol. The van der Waals surface area contributed by atoms with Crippen LogP contribution in [-0.2, 0) is 26.2 Å². The van der Waals surface area contributed by atoms with Gasteiger partial charge in [0.25, 0.3) is 5.91 Å². The van der Waals surface area contributed by atoms with Gasteiger partial charge in [-0.15, -0.1) is 0 Å². The van der Waals surface area contributed by atoms with E-state index in [0.29, 0.717) is 19.5 Å². The van der Waals surface area contributed by atoms with E-state index < -0.39 is 27.5 Å². The van der Waals surface area contributed by atoms with Crippen LogP contribution in [-0.4, -0.2) is 60.6 Å². The molecule has 0 aromatic heterocycles.